The lowest BCUT2D eigenvalue weighted by Gasteiger charge is -2.40. The number of carbonyl (C=O) groups is 2. The van der Waals surface area contributed by atoms with E-state index in [0.717, 1.165) is 38.6 Å². The van der Waals surface area contributed by atoms with Crippen molar-refractivity contribution in [2.45, 2.75) is 44.6 Å². The number of hydrogen-bond acceptors (Lipinski definition) is 4. The molecule has 0 aromatic heterocycles. The Morgan fingerprint density at radius 3 is 2.79 bits per heavy atom. The van der Waals surface area contributed by atoms with Gasteiger partial charge in [-0.25, -0.2) is 5.48 Å². The van der Waals surface area contributed by atoms with Crippen molar-refractivity contribution in [3.63, 3.8) is 0 Å². The number of nitrogens with zero attached hydrogens (tertiary/aromatic N) is 1. The number of carbonyl (C=O) groups excluding carboxylic acids is 2. The molecule has 2 aliphatic heterocycles. The SMILES string of the molecule is O=C(NO)[C@H]1CC2(CC2)CNC1C(=O)N1CCC2=C(CCc3ccccc32)C1. The molecule has 1 unspecified atom stereocenters. The topological polar surface area (TPSA) is 81.7 Å². The van der Waals surface area contributed by atoms with Gasteiger partial charge in [-0.15, -0.1) is 0 Å². The molecule has 2 amide bonds. The summed E-state index contributed by atoms with van der Waals surface area (Å²) in [4.78, 5) is 27.5. The minimum atomic E-state index is -0.545. The molecule has 6 heteroatoms. The second-order valence-electron chi connectivity index (χ2n) is 8.89. The predicted octanol–water partition coefficient (Wildman–Crippen LogP) is 1.88. The number of nitrogens with one attached hydrogen (secondary N) is 2. The van der Waals surface area contributed by atoms with E-state index in [9.17, 15) is 14.8 Å². The Morgan fingerprint density at radius 1 is 1.18 bits per heavy atom. The van der Waals surface area contributed by atoms with E-state index in [2.05, 4.69) is 29.6 Å². The zero-order valence-electron chi connectivity index (χ0n) is 16.0. The fourth-order valence-corrected chi connectivity index (χ4v) is 5.36. The standard InChI is InChI=1S/C22H27N3O3/c26-20(24-28)18-11-22(8-9-22)13-23-19(18)21(27)25-10-7-17-15(12-25)6-5-14-3-1-2-4-16(14)17/h1-4,18-19,23,28H,5-13H2,(H,24,26)/t18-,19?/m0/s1. The largest absolute Gasteiger partial charge is 0.337 e. The Bertz CT molecular complexity index is 858. The van der Waals surface area contributed by atoms with Crippen molar-refractivity contribution in [2.24, 2.45) is 11.3 Å². The zero-order chi connectivity index (χ0) is 19.3. The lowest BCUT2D eigenvalue weighted by molar-refractivity contribution is -0.144. The molecule has 5 rings (SSSR count). The van der Waals surface area contributed by atoms with Gasteiger partial charge in [-0.05, 0) is 66.2 Å². The number of aryl methyl sites for hydroxylation is 1. The number of hydroxylamine groups is 1. The normalized spacial score (nSPS) is 27.8. The first-order valence-corrected chi connectivity index (χ1v) is 10.4. The maximum absolute atomic E-state index is 13.3. The van der Waals surface area contributed by atoms with E-state index in [1.165, 1.54) is 22.3 Å². The van der Waals surface area contributed by atoms with Crippen molar-refractivity contribution in [3.05, 3.63) is 41.0 Å². The molecule has 1 saturated carbocycles. The second kappa shape index (κ2) is 6.71. The van der Waals surface area contributed by atoms with E-state index in [4.69, 9.17) is 0 Å². The van der Waals surface area contributed by atoms with Crippen LogP contribution in [0.1, 0.15) is 43.2 Å². The van der Waals surface area contributed by atoms with Crippen LogP contribution < -0.4 is 10.8 Å². The summed E-state index contributed by atoms with van der Waals surface area (Å²) in [5.74, 6) is -0.953. The van der Waals surface area contributed by atoms with Crippen LogP contribution >= 0.6 is 0 Å². The van der Waals surface area contributed by atoms with Crippen molar-refractivity contribution >= 4 is 17.4 Å². The smallest absolute Gasteiger partial charge is 0.248 e. The van der Waals surface area contributed by atoms with Crippen LogP contribution in [0.5, 0.6) is 0 Å². The second-order valence-corrected chi connectivity index (χ2v) is 8.89. The van der Waals surface area contributed by atoms with Crippen molar-refractivity contribution in [3.8, 4) is 0 Å². The maximum atomic E-state index is 13.3. The number of hydrogen-bond donors (Lipinski definition) is 3. The van der Waals surface area contributed by atoms with Gasteiger partial charge in [0.1, 0.15) is 0 Å². The molecule has 148 valence electrons. The molecule has 1 spiro atoms. The van der Waals surface area contributed by atoms with Gasteiger partial charge >= 0.3 is 0 Å². The Morgan fingerprint density at radius 2 is 2.00 bits per heavy atom. The molecular weight excluding hydrogens is 354 g/mol. The highest BCUT2D eigenvalue weighted by molar-refractivity contribution is 5.91. The fourth-order valence-electron chi connectivity index (χ4n) is 5.36. The van der Waals surface area contributed by atoms with Gasteiger partial charge in [-0.3, -0.25) is 14.8 Å². The van der Waals surface area contributed by atoms with Crippen LogP contribution in [0.2, 0.25) is 0 Å². The maximum Gasteiger partial charge on any atom is 0.248 e. The van der Waals surface area contributed by atoms with Crippen LogP contribution in [-0.2, 0) is 16.0 Å². The summed E-state index contributed by atoms with van der Waals surface area (Å²) in [5.41, 5.74) is 7.45. The quantitative estimate of drug-likeness (QED) is 0.540. The van der Waals surface area contributed by atoms with Crippen molar-refractivity contribution in [1.29, 1.82) is 0 Å². The molecule has 2 fully saturated rings. The first-order chi connectivity index (χ1) is 13.6. The highest BCUT2D eigenvalue weighted by Gasteiger charge is 2.52. The molecule has 0 bridgehead atoms. The van der Waals surface area contributed by atoms with Gasteiger partial charge in [0.15, 0.2) is 0 Å². The van der Waals surface area contributed by atoms with E-state index >= 15 is 0 Å². The van der Waals surface area contributed by atoms with E-state index in [-0.39, 0.29) is 11.3 Å². The minimum Gasteiger partial charge on any atom is -0.337 e. The summed E-state index contributed by atoms with van der Waals surface area (Å²) in [5, 5.41) is 12.5. The molecule has 0 radical (unpaired) electrons. The summed E-state index contributed by atoms with van der Waals surface area (Å²) >= 11 is 0. The molecule has 2 heterocycles. The third-order valence-corrected chi connectivity index (χ3v) is 7.21. The zero-order valence-corrected chi connectivity index (χ0v) is 16.0. The third-order valence-electron chi connectivity index (χ3n) is 7.21. The van der Waals surface area contributed by atoms with Gasteiger partial charge in [0.05, 0.1) is 12.0 Å². The number of benzene rings is 1. The molecule has 6 nitrogen and oxygen atoms in total. The van der Waals surface area contributed by atoms with Gasteiger partial charge in [0.25, 0.3) is 0 Å². The first-order valence-electron chi connectivity index (χ1n) is 10.4. The van der Waals surface area contributed by atoms with Crippen LogP contribution in [0.15, 0.2) is 29.8 Å². The van der Waals surface area contributed by atoms with Crippen LogP contribution in [-0.4, -0.2) is 47.6 Å². The molecule has 1 aromatic rings. The van der Waals surface area contributed by atoms with Crippen LogP contribution in [0.25, 0.3) is 5.57 Å². The summed E-state index contributed by atoms with van der Waals surface area (Å²) in [7, 11) is 0. The lowest BCUT2D eigenvalue weighted by Crippen LogP contribution is -2.59. The van der Waals surface area contributed by atoms with Gasteiger partial charge < -0.3 is 10.2 Å². The molecular formula is C22H27N3O3. The van der Waals surface area contributed by atoms with Crippen LogP contribution in [0.3, 0.4) is 0 Å². The summed E-state index contributed by atoms with van der Waals surface area (Å²) in [6, 6.07) is 8.03. The molecule has 2 atom stereocenters. The summed E-state index contributed by atoms with van der Waals surface area (Å²) < 4.78 is 0. The predicted molar refractivity (Wildman–Crippen MR) is 104 cm³/mol. The highest BCUT2D eigenvalue weighted by atomic mass is 16.5. The lowest BCUT2D eigenvalue weighted by atomic mass is 9.80. The Hall–Kier alpha value is -2.18. The molecule has 4 aliphatic rings. The minimum absolute atomic E-state index is 0.00508. The average Bonchev–Trinajstić information content (AvgIpc) is 3.50. The van der Waals surface area contributed by atoms with Crippen molar-refractivity contribution < 1.29 is 14.8 Å². The fraction of sp³-hybridized carbons (Fsp3) is 0.545. The number of amides is 2. The molecule has 1 saturated heterocycles. The van der Waals surface area contributed by atoms with Gasteiger partial charge in [-0.2, -0.15) is 0 Å². The summed E-state index contributed by atoms with van der Waals surface area (Å²) in [6.07, 6.45) is 5.75. The van der Waals surface area contributed by atoms with Gasteiger partial charge in [-0.1, -0.05) is 24.3 Å². The Kier molecular flexibility index (Phi) is 4.29. The first kappa shape index (κ1) is 17.9. The van der Waals surface area contributed by atoms with E-state index < -0.39 is 17.9 Å². The van der Waals surface area contributed by atoms with Crippen LogP contribution in [0.4, 0.5) is 0 Å². The van der Waals surface area contributed by atoms with E-state index in [0.29, 0.717) is 19.5 Å². The molecule has 1 aromatic carbocycles. The number of rotatable bonds is 2. The molecule has 3 N–H and O–H groups in total. The molecule has 2 aliphatic carbocycles. The summed E-state index contributed by atoms with van der Waals surface area (Å²) in [6.45, 7) is 2.12. The number of fused-ring (bicyclic) bond motifs is 2. The van der Waals surface area contributed by atoms with E-state index in [1.54, 1.807) is 5.48 Å². The average molecular weight is 381 g/mol. The third kappa shape index (κ3) is 2.95. The monoisotopic (exact) mass is 381 g/mol. The van der Waals surface area contributed by atoms with Crippen molar-refractivity contribution in [2.75, 3.05) is 19.6 Å². The van der Waals surface area contributed by atoms with Gasteiger partial charge in [0, 0.05) is 19.6 Å². The van der Waals surface area contributed by atoms with Crippen LogP contribution in [0, 0.1) is 11.3 Å². The Balaban J connectivity index is 1.35. The number of piperidine rings is 1. The highest BCUT2D eigenvalue weighted by Crippen LogP contribution is 2.52. The van der Waals surface area contributed by atoms with Gasteiger partial charge in [0.2, 0.25) is 11.8 Å². The Labute approximate surface area is 164 Å². The van der Waals surface area contributed by atoms with Crippen molar-refractivity contribution in [1.82, 2.24) is 15.7 Å². The van der Waals surface area contributed by atoms with E-state index in [1.807, 2.05) is 4.90 Å². The molecule has 28 heavy (non-hydrogen) atoms.